The molecule has 134 valence electrons. The van der Waals surface area contributed by atoms with E-state index < -0.39 is 0 Å². The first-order chi connectivity index (χ1) is 12.0. The molecule has 0 radical (unpaired) electrons. The molecule has 0 bridgehead atoms. The average Bonchev–Trinajstić information content (AvgIpc) is 2.64. The highest BCUT2D eigenvalue weighted by Gasteiger charge is 2.33. The van der Waals surface area contributed by atoms with E-state index in [1.54, 1.807) is 21.7 Å². The van der Waals surface area contributed by atoms with Crippen molar-refractivity contribution in [1.82, 2.24) is 14.7 Å². The van der Waals surface area contributed by atoms with Crippen molar-refractivity contribution in [2.75, 3.05) is 39.8 Å². The van der Waals surface area contributed by atoms with Gasteiger partial charge >= 0.3 is 0 Å². The maximum Gasteiger partial charge on any atom is 0.241 e. The standard InChI is InChI=1S/C19H25N3O3/c1-20-10-11-22(14-18(20)24)19(25)16-8-5-9-21(13-16)17(23)12-15-6-3-2-4-7-15/h2-4,6-7,16H,5,8-14H2,1H3/t16-/m0/s1. The largest absolute Gasteiger partial charge is 0.342 e. The summed E-state index contributed by atoms with van der Waals surface area (Å²) in [5.41, 5.74) is 0.991. The van der Waals surface area contributed by atoms with Gasteiger partial charge < -0.3 is 14.7 Å². The minimum Gasteiger partial charge on any atom is -0.342 e. The Morgan fingerprint density at radius 2 is 1.84 bits per heavy atom. The summed E-state index contributed by atoms with van der Waals surface area (Å²) in [6.45, 7) is 2.48. The summed E-state index contributed by atoms with van der Waals surface area (Å²) in [6, 6.07) is 9.67. The van der Waals surface area contributed by atoms with Crippen LogP contribution in [-0.2, 0) is 20.8 Å². The Balaban J connectivity index is 1.58. The minimum absolute atomic E-state index is 0.0126. The third-order valence-electron chi connectivity index (χ3n) is 5.09. The lowest BCUT2D eigenvalue weighted by Gasteiger charge is -2.37. The summed E-state index contributed by atoms with van der Waals surface area (Å²) in [5, 5.41) is 0. The summed E-state index contributed by atoms with van der Waals surface area (Å²) in [5.74, 6) is -0.131. The number of carbonyl (C=O) groups excluding carboxylic acids is 3. The molecule has 0 N–H and O–H groups in total. The Bertz CT molecular complexity index is 647. The Kier molecular flexibility index (Phi) is 5.36. The second kappa shape index (κ2) is 7.68. The number of nitrogens with zero attached hydrogens (tertiary/aromatic N) is 3. The van der Waals surface area contributed by atoms with Crippen LogP contribution in [0.4, 0.5) is 0 Å². The molecule has 0 saturated carbocycles. The van der Waals surface area contributed by atoms with Gasteiger partial charge in [0.15, 0.2) is 0 Å². The average molecular weight is 343 g/mol. The number of carbonyl (C=O) groups is 3. The Morgan fingerprint density at radius 1 is 1.08 bits per heavy atom. The van der Waals surface area contributed by atoms with Crippen LogP contribution in [0.1, 0.15) is 18.4 Å². The second-order valence-corrected chi connectivity index (χ2v) is 6.92. The van der Waals surface area contributed by atoms with Gasteiger partial charge in [-0.25, -0.2) is 0 Å². The van der Waals surface area contributed by atoms with Gasteiger partial charge in [-0.05, 0) is 18.4 Å². The molecule has 2 heterocycles. The third-order valence-corrected chi connectivity index (χ3v) is 5.09. The highest BCUT2D eigenvalue weighted by molar-refractivity contribution is 5.87. The van der Waals surface area contributed by atoms with Crippen molar-refractivity contribution in [3.8, 4) is 0 Å². The lowest BCUT2D eigenvalue weighted by Crippen LogP contribution is -2.54. The number of piperidine rings is 1. The zero-order chi connectivity index (χ0) is 17.8. The molecular formula is C19H25N3O3. The SMILES string of the molecule is CN1CCN(C(=O)[C@H]2CCCN(C(=O)Cc3ccccc3)C2)CC1=O. The molecule has 1 aromatic carbocycles. The number of benzene rings is 1. The van der Waals surface area contributed by atoms with Crippen LogP contribution >= 0.6 is 0 Å². The molecule has 0 aromatic heterocycles. The molecule has 0 unspecified atom stereocenters. The van der Waals surface area contributed by atoms with E-state index >= 15 is 0 Å². The van der Waals surface area contributed by atoms with Gasteiger partial charge in [0.05, 0.1) is 18.9 Å². The normalized spacial score (nSPS) is 21.4. The van der Waals surface area contributed by atoms with E-state index in [1.165, 1.54) is 0 Å². The molecule has 0 spiro atoms. The first kappa shape index (κ1) is 17.5. The molecular weight excluding hydrogens is 318 g/mol. The van der Waals surface area contributed by atoms with E-state index in [-0.39, 0.29) is 30.2 Å². The van der Waals surface area contributed by atoms with E-state index in [0.29, 0.717) is 32.6 Å². The van der Waals surface area contributed by atoms with Gasteiger partial charge in [0.1, 0.15) is 0 Å². The van der Waals surface area contributed by atoms with Crippen molar-refractivity contribution in [3.05, 3.63) is 35.9 Å². The highest BCUT2D eigenvalue weighted by Crippen LogP contribution is 2.20. The van der Waals surface area contributed by atoms with Gasteiger partial charge in [0.25, 0.3) is 0 Å². The topological polar surface area (TPSA) is 60.9 Å². The quantitative estimate of drug-likeness (QED) is 0.814. The van der Waals surface area contributed by atoms with Crippen LogP contribution < -0.4 is 0 Å². The molecule has 1 aromatic rings. The number of rotatable bonds is 3. The van der Waals surface area contributed by atoms with Crippen LogP contribution in [0.3, 0.4) is 0 Å². The van der Waals surface area contributed by atoms with Gasteiger partial charge in [0.2, 0.25) is 17.7 Å². The Labute approximate surface area is 148 Å². The molecule has 3 rings (SSSR count). The van der Waals surface area contributed by atoms with Crippen molar-refractivity contribution in [1.29, 1.82) is 0 Å². The Morgan fingerprint density at radius 3 is 2.56 bits per heavy atom. The van der Waals surface area contributed by atoms with Gasteiger partial charge in [0, 0.05) is 33.2 Å². The first-order valence-electron chi connectivity index (χ1n) is 8.89. The molecule has 2 aliphatic heterocycles. The fourth-order valence-corrected chi connectivity index (χ4v) is 3.49. The molecule has 2 fully saturated rings. The van der Waals surface area contributed by atoms with Gasteiger partial charge in [-0.3, -0.25) is 14.4 Å². The molecule has 2 saturated heterocycles. The molecule has 3 amide bonds. The predicted octanol–water partition coefficient (Wildman–Crippen LogP) is 0.768. The van der Waals surface area contributed by atoms with Crippen LogP contribution in [0, 0.1) is 5.92 Å². The first-order valence-corrected chi connectivity index (χ1v) is 8.89. The number of hydrogen-bond acceptors (Lipinski definition) is 3. The van der Waals surface area contributed by atoms with Gasteiger partial charge in [-0.15, -0.1) is 0 Å². The number of amides is 3. The van der Waals surface area contributed by atoms with Crippen LogP contribution in [0.5, 0.6) is 0 Å². The summed E-state index contributed by atoms with van der Waals surface area (Å²) in [4.78, 5) is 42.2. The van der Waals surface area contributed by atoms with Crippen LogP contribution in [0.25, 0.3) is 0 Å². The van der Waals surface area contributed by atoms with Gasteiger partial charge in [-0.1, -0.05) is 30.3 Å². The lowest BCUT2D eigenvalue weighted by molar-refractivity contribution is -0.148. The van der Waals surface area contributed by atoms with Crippen molar-refractivity contribution in [2.24, 2.45) is 5.92 Å². The maximum absolute atomic E-state index is 12.7. The van der Waals surface area contributed by atoms with Crippen LogP contribution in [0.2, 0.25) is 0 Å². The lowest BCUT2D eigenvalue weighted by atomic mass is 9.95. The monoisotopic (exact) mass is 343 g/mol. The van der Waals surface area contributed by atoms with E-state index in [2.05, 4.69) is 0 Å². The third kappa shape index (κ3) is 4.18. The maximum atomic E-state index is 12.7. The number of likely N-dealkylation sites (tertiary alicyclic amines) is 1. The smallest absolute Gasteiger partial charge is 0.241 e. The zero-order valence-corrected chi connectivity index (χ0v) is 14.7. The summed E-state index contributed by atoms with van der Waals surface area (Å²) in [6.07, 6.45) is 1.99. The fourth-order valence-electron chi connectivity index (χ4n) is 3.49. The number of likely N-dealkylation sites (N-methyl/N-ethyl adjacent to an activating group) is 1. The summed E-state index contributed by atoms with van der Waals surface area (Å²) in [7, 11) is 1.76. The molecule has 6 nitrogen and oxygen atoms in total. The van der Waals surface area contributed by atoms with Crippen molar-refractivity contribution in [2.45, 2.75) is 19.3 Å². The molecule has 0 aliphatic carbocycles. The molecule has 25 heavy (non-hydrogen) atoms. The van der Waals surface area contributed by atoms with Crippen molar-refractivity contribution >= 4 is 17.7 Å². The van der Waals surface area contributed by atoms with Crippen LogP contribution in [0.15, 0.2) is 30.3 Å². The summed E-state index contributed by atoms with van der Waals surface area (Å²) < 4.78 is 0. The van der Waals surface area contributed by atoms with E-state index in [4.69, 9.17) is 0 Å². The minimum atomic E-state index is -0.190. The second-order valence-electron chi connectivity index (χ2n) is 6.92. The number of piperazine rings is 1. The molecule has 1 atom stereocenters. The van der Waals surface area contributed by atoms with Crippen molar-refractivity contribution < 1.29 is 14.4 Å². The highest BCUT2D eigenvalue weighted by atomic mass is 16.2. The van der Waals surface area contributed by atoms with E-state index in [0.717, 1.165) is 18.4 Å². The summed E-state index contributed by atoms with van der Waals surface area (Å²) >= 11 is 0. The fraction of sp³-hybridized carbons (Fsp3) is 0.526. The molecule has 6 heteroatoms. The van der Waals surface area contributed by atoms with Gasteiger partial charge in [-0.2, -0.15) is 0 Å². The molecule has 2 aliphatic rings. The Hall–Kier alpha value is -2.37. The van der Waals surface area contributed by atoms with Crippen molar-refractivity contribution in [3.63, 3.8) is 0 Å². The number of hydrogen-bond donors (Lipinski definition) is 0. The van der Waals surface area contributed by atoms with E-state index in [9.17, 15) is 14.4 Å². The van der Waals surface area contributed by atoms with E-state index in [1.807, 2.05) is 30.3 Å². The zero-order valence-electron chi connectivity index (χ0n) is 14.7. The predicted molar refractivity (Wildman–Crippen MR) is 93.7 cm³/mol. The van der Waals surface area contributed by atoms with Crippen LogP contribution in [-0.4, -0.2) is 72.2 Å².